The van der Waals surface area contributed by atoms with Crippen molar-refractivity contribution in [3.8, 4) is 11.5 Å². The van der Waals surface area contributed by atoms with E-state index in [1.165, 1.54) is 11.3 Å². The predicted molar refractivity (Wildman–Crippen MR) is 75.4 cm³/mol. The maximum absolute atomic E-state index is 12.1. The first kappa shape index (κ1) is 12.9. The Labute approximate surface area is 120 Å². The summed E-state index contributed by atoms with van der Waals surface area (Å²) in [5.74, 6) is 1.36. The zero-order chi connectivity index (χ0) is 13.9. The Hall–Kier alpha value is -2.08. The van der Waals surface area contributed by atoms with Gasteiger partial charge in [0, 0.05) is 12.4 Å². The molecule has 1 aliphatic rings. The summed E-state index contributed by atoms with van der Waals surface area (Å²) in [6.07, 6.45) is -0.169. The summed E-state index contributed by atoms with van der Waals surface area (Å²) in [6, 6.07) is 7.54. The van der Waals surface area contributed by atoms with Crippen LogP contribution in [-0.4, -0.2) is 42.1 Å². The van der Waals surface area contributed by atoms with E-state index >= 15 is 0 Å². The molecule has 1 unspecified atom stereocenters. The van der Waals surface area contributed by atoms with E-state index in [0.717, 1.165) is 11.5 Å². The predicted octanol–water partition coefficient (Wildman–Crippen LogP) is 2.06. The second-order valence-corrected chi connectivity index (χ2v) is 5.28. The van der Waals surface area contributed by atoms with Crippen molar-refractivity contribution in [1.82, 2.24) is 9.88 Å². The minimum Gasteiger partial charge on any atom is -0.486 e. The average Bonchev–Trinajstić information content (AvgIpc) is 3.00. The Balaban J connectivity index is 1.63. The molecule has 1 atom stereocenters. The van der Waals surface area contributed by atoms with Gasteiger partial charge in [0.25, 0.3) is 5.91 Å². The normalized spacial score (nSPS) is 16.8. The Morgan fingerprint density at radius 2 is 2.25 bits per heavy atom. The molecule has 0 aliphatic carbocycles. The highest BCUT2D eigenvalue weighted by Gasteiger charge is 2.24. The first-order chi connectivity index (χ1) is 9.74. The number of nitrogens with zero attached hydrogens (tertiary/aromatic N) is 2. The third-order valence-corrected chi connectivity index (χ3v) is 3.63. The van der Waals surface area contributed by atoms with Gasteiger partial charge in [0.05, 0.1) is 12.1 Å². The largest absolute Gasteiger partial charge is 0.486 e. The lowest BCUT2D eigenvalue weighted by atomic mass is 10.2. The number of likely N-dealkylation sites (N-methyl/N-ethyl adjacent to an activating group) is 1. The van der Waals surface area contributed by atoms with Gasteiger partial charge in [-0.05, 0) is 12.1 Å². The molecule has 1 aromatic heterocycles. The van der Waals surface area contributed by atoms with Crippen LogP contribution in [0.5, 0.6) is 11.5 Å². The number of fused-ring (bicyclic) bond motifs is 1. The number of ether oxygens (including phenoxy) is 2. The number of amides is 1. The fourth-order valence-corrected chi connectivity index (χ4v) is 2.58. The second kappa shape index (κ2) is 5.50. The topological polar surface area (TPSA) is 51.7 Å². The molecule has 0 saturated heterocycles. The molecule has 1 amide bonds. The minimum atomic E-state index is -0.169. The van der Waals surface area contributed by atoms with Gasteiger partial charge in [-0.2, -0.15) is 0 Å². The Morgan fingerprint density at radius 3 is 3.00 bits per heavy atom. The molecule has 5 nitrogen and oxygen atoms in total. The van der Waals surface area contributed by atoms with E-state index in [0.29, 0.717) is 18.8 Å². The summed E-state index contributed by atoms with van der Waals surface area (Å²) in [6.45, 7) is 0.899. The quantitative estimate of drug-likeness (QED) is 0.868. The molecule has 1 aromatic carbocycles. The maximum atomic E-state index is 12.1. The SMILES string of the molecule is CN(CC1COc2ccccc2O1)C(=O)c1cscn1. The summed E-state index contributed by atoms with van der Waals surface area (Å²) in [4.78, 5) is 17.7. The van der Waals surface area contributed by atoms with Gasteiger partial charge in [-0.3, -0.25) is 4.79 Å². The molecular formula is C14H14N2O3S. The number of carbonyl (C=O) groups excluding carboxylic acids is 1. The molecule has 6 heteroatoms. The fourth-order valence-electron chi connectivity index (χ4n) is 2.06. The number of benzene rings is 1. The third kappa shape index (κ3) is 2.60. The van der Waals surface area contributed by atoms with Gasteiger partial charge in [-0.1, -0.05) is 12.1 Å². The van der Waals surface area contributed by atoms with Gasteiger partial charge in [0.2, 0.25) is 0 Å². The van der Waals surface area contributed by atoms with Crippen LogP contribution in [0, 0.1) is 0 Å². The van der Waals surface area contributed by atoms with Crippen molar-refractivity contribution in [3.63, 3.8) is 0 Å². The van der Waals surface area contributed by atoms with E-state index in [9.17, 15) is 4.79 Å². The summed E-state index contributed by atoms with van der Waals surface area (Å²) in [7, 11) is 1.74. The van der Waals surface area contributed by atoms with Crippen LogP contribution < -0.4 is 9.47 Å². The van der Waals surface area contributed by atoms with E-state index in [-0.39, 0.29) is 12.0 Å². The number of aromatic nitrogens is 1. The highest BCUT2D eigenvalue weighted by atomic mass is 32.1. The molecular weight excluding hydrogens is 276 g/mol. The van der Waals surface area contributed by atoms with Crippen LogP contribution in [0.4, 0.5) is 0 Å². The minimum absolute atomic E-state index is 0.103. The summed E-state index contributed by atoms with van der Waals surface area (Å²) in [5.41, 5.74) is 2.12. The highest BCUT2D eigenvalue weighted by Crippen LogP contribution is 2.30. The monoisotopic (exact) mass is 290 g/mol. The zero-order valence-corrected chi connectivity index (χ0v) is 11.8. The lowest BCUT2D eigenvalue weighted by Crippen LogP contribution is -2.41. The smallest absolute Gasteiger partial charge is 0.273 e. The van der Waals surface area contributed by atoms with Crippen molar-refractivity contribution in [1.29, 1.82) is 0 Å². The fraction of sp³-hybridized carbons (Fsp3) is 0.286. The molecule has 3 rings (SSSR count). The Bertz CT molecular complexity index is 600. The van der Waals surface area contributed by atoms with Crippen molar-refractivity contribution in [2.24, 2.45) is 0 Å². The van der Waals surface area contributed by atoms with Crippen LogP contribution in [-0.2, 0) is 0 Å². The molecule has 20 heavy (non-hydrogen) atoms. The van der Waals surface area contributed by atoms with E-state index in [4.69, 9.17) is 9.47 Å². The summed E-state index contributed by atoms with van der Waals surface area (Å²) < 4.78 is 11.5. The zero-order valence-electron chi connectivity index (χ0n) is 11.0. The molecule has 0 bridgehead atoms. The number of rotatable bonds is 3. The van der Waals surface area contributed by atoms with Crippen molar-refractivity contribution < 1.29 is 14.3 Å². The Morgan fingerprint density at radius 1 is 1.45 bits per heavy atom. The molecule has 1 aliphatic heterocycles. The van der Waals surface area contributed by atoms with Crippen LogP contribution in [0.25, 0.3) is 0 Å². The maximum Gasteiger partial charge on any atom is 0.273 e. The van der Waals surface area contributed by atoms with Crippen LogP contribution in [0.2, 0.25) is 0 Å². The first-order valence-corrected chi connectivity index (χ1v) is 7.20. The van der Waals surface area contributed by atoms with Crippen LogP contribution in [0.3, 0.4) is 0 Å². The molecule has 0 fully saturated rings. The van der Waals surface area contributed by atoms with E-state index in [1.807, 2.05) is 24.3 Å². The van der Waals surface area contributed by atoms with E-state index < -0.39 is 0 Å². The molecule has 0 radical (unpaired) electrons. The van der Waals surface area contributed by atoms with Gasteiger partial charge >= 0.3 is 0 Å². The Kier molecular flexibility index (Phi) is 3.56. The number of carbonyl (C=O) groups is 1. The standard InChI is InChI=1S/C14H14N2O3S/c1-16(14(17)11-8-20-9-15-11)6-10-7-18-12-4-2-3-5-13(12)19-10/h2-5,8-10H,6-7H2,1H3. The van der Waals surface area contributed by atoms with Crippen LogP contribution >= 0.6 is 11.3 Å². The van der Waals surface area contributed by atoms with Gasteiger partial charge in [-0.15, -0.1) is 11.3 Å². The number of hydrogen-bond donors (Lipinski definition) is 0. The van der Waals surface area contributed by atoms with E-state index in [1.54, 1.807) is 22.8 Å². The number of hydrogen-bond acceptors (Lipinski definition) is 5. The lowest BCUT2D eigenvalue weighted by molar-refractivity contribution is 0.0518. The van der Waals surface area contributed by atoms with Gasteiger partial charge in [0.15, 0.2) is 17.6 Å². The van der Waals surface area contributed by atoms with Crippen molar-refractivity contribution in [2.45, 2.75) is 6.10 Å². The number of para-hydroxylation sites is 2. The molecule has 0 spiro atoms. The first-order valence-electron chi connectivity index (χ1n) is 6.26. The molecule has 104 valence electrons. The van der Waals surface area contributed by atoms with Gasteiger partial charge in [-0.25, -0.2) is 4.98 Å². The van der Waals surface area contributed by atoms with Crippen molar-refractivity contribution in [2.75, 3.05) is 20.2 Å². The molecule has 0 N–H and O–H groups in total. The molecule has 2 heterocycles. The second-order valence-electron chi connectivity index (χ2n) is 4.56. The molecule has 2 aromatic rings. The highest BCUT2D eigenvalue weighted by molar-refractivity contribution is 7.07. The van der Waals surface area contributed by atoms with Gasteiger partial charge in [0.1, 0.15) is 12.3 Å². The molecule has 0 saturated carbocycles. The van der Waals surface area contributed by atoms with Gasteiger partial charge < -0.3 is 14.4 Å². The summed E-state index contributed by atoms with van der Waals surface area (Å²) >= 11 is 1.41. The third-order valence-electron chi connectivity index (χ3n) is 3.04. The van der Waals surface area contributed by atoms with Crippen molar-refractivity contribution in [3.05, 3.63) is 40.8 Å². The van der Waals surface area contributed by atoms with E-state index in [2.05, 4.69) is 4.98 Å². The average molecular weight is 290 g/mol. The summed E-state index contributed by atoms with van der Waals surface area (Å²) in [5, 5.41) is 1.74. The number of thiazole rings is 1. The van der Waals surface area contributed by atoms with Crippen LogP contribution in [0.1, 0.15) is 10.5 Å². The van der Waals surface area contributed by atoms with Crippen LogP contribution in [0.15, 0.2) is 35.2 Å². The lowest BCUT2D eigenvalue weighted by Gasteiger charge is -2.29. The van der Waals surface area contributed by atoms with Crippen molar-refractivity contribution >= 4 is 17.2 Å².